The first kappa shape index (κ1) is 20.6. The van der Waals surface area contributed by atoms with Gasteiger partial charge in [-0.05, 0) is 32.0 Å². The second-order valence-corrected chi connectivity index (χ2v) is 7.49. The van der Waals surface area contributed by atoms with E-state index in [9.17, 15) is 14.7 Å². The Hall–Kier alpha value is -3.66. The molecule has 0 saturated carbocycles. The maximum atomic E-state index is 12.8. The second kappa shape index (κ2) is 8.23. The van der Waals surface area contributed by atoms with E-state index in [0.717, 1.165) is 5.39 Å². The molecule has 10 nitrogen and oxygen atoms in total. The fourth-order valence-electron chi connectivity index (χ4n) is 3.29. The molecule has 0 aliphatic carbocycles. The summed E-state index contributed by atoms with van der Waals surface area (Å²) in [4.78, 5) is 29.7. The van der Waals surface area contributed by atoms with Gasteiger partial charge in [0.05, 0.1) is 29.5 Å². The molecule has 1 unspecified atom stereocenters. The molecule has 1 atom stereocenters. The zero-order valence-electron chi connectivity index (χ0n) is 17.2. The molecular formula is C21H23N5O5. The van der Waals surface area contributed by atoms with Crippen molar-refractivity contribution in [3.63, 3.8) is 0 Å². The smallest absolute Gasteiger partial charge is 0.255 e. The lowest BCUT2D eigenvalue weighted by Gasteiger charge is -2.29. The molecule has 0 spiro atoms. The maximum absolute atomic E-state index is 12.8. The molecular weight excluding hydrogens is 402 g/mol. The number of benzene rings is 1. The number of carbonyl (C=O) groups excluding carboxylic acids is 2. The second-order valence-electron chi connectivity index (χ2n) is 7.49. The molecule has 31 heavy (non-hydrogen) atoms. The summed E-state index contributed by atoms with van der Waals surface area (Å²) in [6.07, 6.45) is 3.13. The zero-order valence-corrected chi connectivity index (χ0v) is 17.2. The van der Waals surface area contributed by atoms with Gasteiger partial charge in [0.15, 0.2) is 17.1 Å². The van der Waals surface area contributed by atoms with Crippen molar-refractivity contribution in [3.05, 3.63) is 47.8 Å². The van der Waals surface area contributed by atoms with Gasteiger partial charge in [-0.1, -0.05) is 6.07 Å². The molecule has 3 heterocycles. The molecule has 10 heteroatoms. The van der Waals surface area contributed by atoms with Crippen molar-refractivity contribution in [2.75, 3.05) is 19.9 Å². The number of aliphatic hydroxyl groups is 1. The minimum Gasteiger partial charge on any atom is -0.454 e. The Balaban J connectivity index is 1.44. The Kier molecular flexibility index (Phi) is 5.47. The third-order valence-electron chi connectivity index (χ3n) is 5.08. The number of amides is 2. The SMILES string of the molecule is CCn1ncc2cc(C(=O)NCC(C)(CO)NC(=O)c3cccc4c3OCO4)cnc21. The summed E-state index contributed by atoms with van der Waals surface area (Å²) < 4.78 is 12.4. The molecule has 2 aromatic heterocycles. The van der Waals surface area contributed by atoms with E-state index in [4.69, 9.17) is 9.47 Å². The van der Waals surface area contributed by atoms with E-state index in [1.807, 2.05) is 6.92 Å². The van der Waals surface area contributed by atoms with Crippen LogP contribution in [-0.2, 0) is 6.54 Å². The van der Waals surface area contributed by atoms with Crippen LogP contribution in [0.5, 0.6) is 11.5 Å². The van der Waals surface area contributed by atoms with Crippen molar-refractivity contribution >= 4 is 22.8 Å². The number of nitrogens with one attached hydrogen (secondary N) is 2. The van der Waals surface area contributed by atoms with E-state index < -0.39 is 11.4 Å². The van der Waals surface area contributed by atoms with Crippen LogP contribution in [0.4, 0.5) is 0 Å². The van der Waals surface area contributed by atoms with Gasteiger partial charge in [0, 0.05) is 24.7 Å². The van der Waals surface area contributed by atoms with Crippen molar-refractivity contribution in [2.24, 2.45) is 0 Å². The highest BCUT2D eigenvalue weighted by molar-refractivity contribution is 5.99. The number of ether oxygens (including phenoxy) is 2. The van der Waals surface area contributed by atoms with Crippen LogP contribution in [0.1, 0.15) is 34.6 Å². The number of fused-ring (bicyclic) bond motifs is 2. The minimum atomic E-state index is -1.10. The van der Waals surface area contributed by atoms with Crippen LogP contribution < -0.4 is 20.1 Å². The minimum absolute atomic E-state index is 0.00666. The normalized spacial score (nSPS) is 14.3. The van der Waals surface area contributed by atoms with Gasteiger partial charge in [0.2, 0.25) is 6.79 Å². The summed E-state index contributed by atoms with van der Waals surface area (Å²) in [5.41, 5.74) is 0.261. The highest BCUT2D eigenvalue weighted by Gasteiger charge is 2.30. The first-order chi connectivity index (χ1) is 14.9. The summed E-state index contributed by atoms with van der Waals surface area (Å²) in [6.45, 7) is 3.94. The van der Waals surface area contributed by atoms with Gasteiger partial charge in [-0.25, -0.2) is 9.67 Å². The zero-order chi connectivity index (χ0) is 22.0. The molecule has 2 amide bonds. The quantitative estimate of drug-likeness (QED) is 0.517. The standard InChI is InChI=1S/C21H23N5O5/c1-3-26-18-13(9-24-26)7-14(8-22-18)19(28)23-10-21(2,11-27)25-20(29)15-5-4-6-16-17(15)31-12-30-16/h4-9,27H,3,10-12H2,1-2H3,(H,23,28)(H,25,29). The van der Waals surface area contributed by atoms with E-state index in [1.54, 1.807) is 42.1 Å². The molecule has 3 aromatic rings. The molecule has 1 aliphatic rings. The van der Waals surface area contributed by atoms with Gasteiger partial charge in [-0.15, -0.1) is 0 Å². The number of hydrogen-bond donors (Lipinski definition) is 3. The van der Waals surface area contributed by atoms with Crippen LogP contribution in [0.3, 0.4) is 0 Å². The summed E-state index contributed by atoms with van der Waals surface area (Å²) >= 11 is 0. The number of pyridine rings is 1. The topological polar surface area (TPSA) is 128 Å². The van der Waals surface area contributed by atoms with Crippen LogP contribution in [0.15, 0.2) is 36.7 Å². The monoisotopic (exact) mass is 425 g/mol. The third kappa shape index (κ3) is 4.02. The summed E-state index contributed by atoms with van der Waals surface area (Å²) in [5, 5.41) is 20.4. The van der Waals surface area contributed by atoms with E-state index in [0.29, 0.717) is 34.8 Å². The Bertz CT molecular complexity index is 1140. The van der Waals surface area contributed by atoms with E-state index >= 15 is 0 Å². The van der Waals surface area contributed by atoms with E-state index in [2.05, 4.69) is 20.7 Å². The third-order valence-corrected chi connectivity index (χ3v) is 5.08. The molecule has 3 N–H and O–H groups in total. The van der Waals surface area contributed by atoms with Crippen LogP contribution in [-0.4, -0.2) is 57.2 Å². The van der Waals surface area contributed by atoms with Gasteiger partial charge in [0.25, 0.3) is 11.8 Å². The molecule has 1 aliphatic heterocycles. The van der Waals surface area contributed by atoms with Crippen molar-refractivity contribution in [1.82, 2.24) is 25.4 Å². The molecule has 4 rings (SSSR count). The van der Waals surface area contributed by atoms with Crippen LogP contribution in [0.2, 0.25) is 0 Å². The van der Waals surface area contributed by atoms with Crippen molar-refractivity contribution in [3.8, 4) is 11.5 Å². The van der Waals surface area contributed by atoms with Crippen molar-refractivity contribution < 1.29 is 24.2 Å². The number of nitrogens with zero attached hydrogens (tertiary/aromatic N) is 3. The van der Waals surface area contributed by atoms with Crippen LogP contribution in [0.25, 0.3) is 11.0 Å². The molecule has 0 bridgehead atoms. The van der Waals surface area contributed by atoms with Crippen molar-refractivity contribution in [1.29, 1.82) is 0 Å². The maximum Gasteiger partial charge on any atom is 0.255 e. The largest absolute Gasteiger partial charge is 0.454 e. The van der Waals surface area contributed by atoms with Crippen LogP contribution in [0, 0.1) is 0 Å². The lowest BCUT2D eigenvalue weighted by atomic mass is 10.0. The van der Waals surface area contributed by atoms with Crippen molar-refractivity contribution in [2.45, 2.75) is 25.9 Å². The number of hydrogen-bond acceptors (Lipinski definition) is 7. The van der Waals surface area contributed by atoms with E-state index in [1.165, 1.54) is 6.20 Å². The number of aliphatic hydroxyl groups excluding tert-OH is 1. The average molecular weight is 425 g/mol. The molecule has 1 aromatic carbocycles. The van der Waals surface area contributed by atoms with Gasteiger partial charge in [0.1, 0.15) is 0 Å². The number of rotatable bonds is 7. The first-order valence-electron chi connectivity index (χ1n) is 9.86. The highest BCUT2D eigenvalue weighted by atomic mass is 16.7. The fourth-order valence-corrected chi connectivity index (χ4v) is 3.29. The number of aromatic nitrogens is 3. The Morgan fingerprint density at radius 3 is 2.87 bits per heavy atom. The number of para-hydroxylation sites is 1. The highest BCUT2D eigenvalue weighted by Crippen LogP contribution is 2.35. The molecule has 0 fully saturated rings. The predicted octanol–water partition coefficient (Wildman–Crippen LogP) is 1.09. The lowest BCUT2D eigenvalue weighted by Crippen LogP contribution is -2.56. The average Bonchev–Trinajstić information content (AvgIpc) is 3.43. The molecule has 0 saturated heterocycles. The van der Waals surface area contributed by atoms with Gasteiger partial charge in [-0.3, -0.25) is 9.59 Å². The number of carbonyl (C=O) groups is 2. The predicted molar refractivity (Wildman–Crippen MR) is 111 cm³/mol. The van der Waals surface area contributed by atoms with Gasteiger partial charge < -0.3 is 25.2 Å². The Labute approximate surface area is 178 Å². The van der Waals surface area contributed by atoms with E-state index in [-0.39, 0.29) is 25.9 Å². The fraction of sp³-hybridized carbons (Fsp3) is 0.333. The Morgan fingerprint density at radius 1 is 1.26 bits per heavy atom. The molecule has 0 radical (unpaired) electrons. The Morgan fingerprint density at radius 2 is 2.10 bits per heavy atom. The first-order valence-corrected chi connectivity index (χ1v) is 9.86. The summed E-state index contributed by atoms with van der Waals surface area (Å²) in [6, 6.07) is 6.71. The molecule has 162 valence electrons. The van der Waals surface area contributed by atoms with Gasteiger partial charge >= 0.3 is 0 Å². The lowest BCUT2D eigenvalue weighted by molar-refractivity contribution is 0.0814. The van der Waals surface area contributed by atoms with Crippen LogP contribution >= 0.6 is 0 Å². The summed E-state index contributed by atoms with van der Waals surface area (Å²) in [7, 11) is 0. The summed E-state index contributed by atoms with van der Waals surface area (Å²) in [5.74, 6) is 0.0328. The number of aryl methyl sites for hydroxylation is 1. The van der Waals surface area contributed by atoms with Gasteiger partial charge in [-0.2, -0.15) is 5.10 Å².